The van der Waals surface area contributed by atoms with Crippen molar-refractivity contribution in [2.45, 2.75) is 6.54 Å². The molecule has 4 aromatic rings. The minimum absolute atomic E-state index is 0.178. The topological polar surface area (TPSA) is 64.2 Å². The second-order valence-electron chi connectivity index (χ2n) is 4.99. The van der Waals surface area contributed by atoms with Gasteiger partial charge in [0.2, 0.25) is 0 Å². The minimum atomic E-state index is -0.178. The van der Waals surface area contributed by atoms with E-state index in [4.69, 9.17) is 0 Å². The SMILES string of the molecule is O=C(NCc1cn2ccsc2n1)c1cncn1-c1ccccc1. The van der Waals surface area contributed by atoms with Gasteiger partial charge in [0.05, 0.1) is 24.8 Å². The predicted molar refractivity (Wildman–Crippen MR) is 87.8 cm³/mol. The second kappa shape index (κ2) is 5.69. The van der Waals surface area contributed by atoms with E-state index in [0.29, 0.717) is 12.2 Å². The highest BCUT2D eigenvalue weighted by Crippen LogP contribution is 2.12. The lowest BCUT2D eigenvalue weighted by molar-refractivity contribution is 0.0943. The fourth-order valence-corrected chi connectivity index (χ4v) is 3.10. The van der Waals surface area contributed by atoms with E-state index in [2.05, 4.69) is 15.3 Å². The molecule has 0 atom stereocenters. The maximum atomic E-state index is 12.4. The largest absolute Gasteiger partial charge is 0.345 e. The lowest BCUT2D eigenvalue weighted by atomic mass is 10.3. The van der Waals surface area contributed by atoms with Gasteiger partial charge in [-0.3, -0.25) is 13.8 Å². The van der Waals surface area contributed by atoms with E-state index in [0.717, 1.165) is 16.3 Å². The number of fused-ring (bicyclic) bond motifs is 1. The van der Waals surface area contributed by atoms with Crippen molar-refractivity contribution in [3.05, 3.63) is 72.0 Å². The Kier molecular flexibility index (Phi) is 3.39. The van der Waals surface area contributed by atoms with Crippen LogP contribution >= 0.6 is 11.3 Å². The summed E-state index contributed by atoms with van der Waals surface area (Å²) >= 11 is 1.56. The van der Waals surface area contributed by atoms with Crippen LogP contribution in [0.3, 0.4) is 0 Å². The van der Waals surface area contributed by atoms with Crippen molar-refractivity contribution in [2.75, 3.05) is 0 Å². The molecule has 23 heavy (non-hydrogen) atoms. The number of imidazole rings is 2. The van der Waals surface area contributed by atoms with Gasteiger partial charge in [-0.15, -0.1) is 11.3 Å². The van der Waals surface area contributed by atoms with Crippen LogP contribution in [0.15, 0.2) is 60.6 Å². The van der Waals surface area contributed by atoms with E-state index in [1.165, 1.54) is 0 Å². The Morgan fingerprint density at radius 2 is 2.13 bits per heavy atom. The first-order chi connectivity index (χ1) is 11.3. The maximum Gasteiger partial charge on any atom is 0.270 e. The summed E-state index contributed by atoms with van der Waals surface area (Å²) in [7, 11) is 0. The van der Waals surface area contributed by atoms with Gasteiger partial charge >= 0.3 is 0 Å². The Balaban J connectivity index is 1.51. The van der Waals surface area contributed by atoms with Crippen molar-refractivity contribution in [3.63, 3.8) is 0 Å². The zero-order chi connectivity index (χ0) is 15.6. The van der Waals surface area contributed by atoms with Gasteiger partial charge in [0.15, 0.2) is 4.96 Å². The highest BCUT2D eigenvalue weighted by molar-refractivity contribution is 7.15. The Morgan fingerprint density at radius 3 is 2.96 bits per heavy atom. The number of para-hydroxylation sites is 1. The van der Waals surface area contributed by atoms with E-state index >= 15 is 0 Å². The number of thiazole rings is 1. The summed E-state index contributed by atoms with van der Waals surface area (Å²) < 4.78 is 3.71. The van der Waals surface area contributed by atoms with Crippen LogP contribution in [0.5, 0.6) is 0 Å². The van der Waals surface area contributed by atoms with E-state index < -0.39 is 0 Å². The van der Waals surface area contributed by atoms with Gasteiger partial charge in [-0.1, -0.05) is 18.2 Å². The molecule has 0 spiro atoms. The van der Waals surface area contributed by atoms with Gasteiger partial charge in [0.25, 0.3) is 5.91 Å². The molecule has 0 saturated carbocycles. The van der Waals surface area contributed by atoms with Crippen molar-refractivity contribution in [1.29, 1.82) is 0 Å². The van der Waals surface area contributed by atoms with Gasteiger partial charge in [-0.2, -0.15) is 0 Å². The molecule has 4 rings (SSSR count). The average molecular weight is 323 g/mol. The van der Waals surface area contributed by atoms with E-state index in [1.54, 1.807) is 28.4 Å². The average Bonchev–Trinajstić information content (AvgIpc) is 3.28. The predicted octanol–water partition coefficient (Wildman–Crippen LogP) is 2.51. The van der Waals surface area contributed by atoms with Crippen LogP contribution in [0.1, 0.15) is 16.2 Å². The van der Waals surface area contributed by atoms with Crippen LogP contribution in [-0.4, -0.2) is 24.8 Å². The molecule has 3 heterocycles. The van der Waals surface area contributed by atoms with Crippen molar-refractivity contribution < 1.29 is 4.79 Å². The summed E-state index contributed by atoms with van der Waals surface area (Å²) in [6.45, 7) is 0.382. The lowest BCUT2D eigenvalue weighted by Crippen LogP contribution is -2.25. The molecule has 0 aliphatic rings. The molecular formula is C16H13N5OS. The smallest absolute Gasteiger partial charge is 0.270 e. The van der Waals surface area contributed by atoms with Crippen LogP contribution in [0, 0.1) is 0 Å². The molecule has 3 aromatic heterocycles. The summed E-state index contributed by atoms with van der Waals surface area (Å²) in [4.78, 5) is 21.9. The third-order valence-electron chi connectivity index (χ3n) is 3.48. The Hall–Kier alpha value is -2.93. The number of carbonyl (C=O) groups excluding carboxylic acids is 1. The van der Waals surface area contributed by atoms with Crippen molar-refractivity contribution in [2.24, 2.45) is 0 Å². The number of hydrogen-bond donors (Lipinski definition) is 1. The molecule has 0 saturated heterocycles. The van der Waals surface area contributed by atoms with E-state index in [-0.39, 0.29) is 5.91 Å². The molecular weight excluding hydrogens is 310 g/mol. The quantitative estimate of drug-likeness (QED) is 0.627. The highest BCUT2D eigenvalue weighted by atomic mass is 32.1. The Bertz CT molecular complexity index is 925. The van der Waals surface area contributed by atoms with Crippen molar-refractivity contribution >= 4 is 22.2 Å². The first-order valence-electron chi connectivity index (χ1n) is 7.08. The molecule has 1 amide bonds. The molecule has 0 aliphatic heterocycles. The molecule has 0 aliphatic carbocycles. The molecule has 114 valence electrons. The molecule has 1 aromatic carbocycles. The van der Waals surface area contributed by atoms with Gasteiger partial charge < -0.3 is 5.32 Å². The number of rotatable bonds is 4. The third kappa shape index (κ3) is 2.62. The normalized spacial score (nSPS) is 11.0. The zero-order valence-electron chi connectivity index (χ0n) is 12.1. The molecule has 0 fully saturated rings. The number of benzene rings is 1. The lowest BCUT2D eigenvalue weighted by Gasteiger charge is -2.08. The van der Waals surface area contributed by atoms with Gasteiger partial charge in [-0.05, 0) is 12.1 Å². The van der Waals surface area contributed by atoms with Gasteiger partial charge in [-0.25, -0.2) is 9.97 Å². The summed E-state index contributed by atoms with van der Waals surface area (Å²) in [6.07, 6.45) is 7.06. The fourth-order valence-electron chi connectivity index (χ4n) is 2.38. The molecule has 0 unspecified atom stereocenters. The number of carbonyl (C=O) groups is 1. The van der Waals surface area contributed by atoms with Crippen LogP contribution in [0.25, 0.3) is 10.6 Å². The van der Waals surface area contributed by atoms with Crippen LogP contribution in [0.4, 0.5) is 0 Å². The van der Waals surface area contributed by atoms with Crippen LogP contribution in [0.2, 0.25) is 0 Å². The molecule has 1 N–H and O–H groups in total. The van der Waals surface area contributed by atoms with E-state index in [9.17, 15) is 4.79 Å². The number of amides is 1. The highest BCUT2D eigenvalue weighted by Gasteiger charge is 2.13. The molecule has 6 nitrogen and oxygen atoms in total. The minimum Gasteiger partial charge on any atom is -0.345 e. The standard InChI is InChI=1S/C16H13N5OS/c22-15(18-8-12-10-20-6-7-23-16(20)19-12)14-9-17-11-21(14)13-4-2-1-3-5-13/h1-7,9-11H,8H2,(H,18,22). The second-order valence-corrected chi connectivity index (χ2v) is 5.87. The van der Waals surface area contributed by atoms with Crippen molar-refractivity contribution in [1.82, 2.24) is 24.3 Å². The van der Waals surface area contributed by atoms with Crippen molar-refractivity contribution in [3.8, 4) is 5.69 Å². The number of nitrogens with one attached hydrogen (secondary N) is 1. The first-order valence-corrected chi connectivity index (χ1v) is 7.96. The summed E-state index contributed by atoms with van der Waals surface area (Å²) in [5.41, 5.74) is 2.23. The molecule has 0 radical (unpaired) electrons. The Morgan fingerprint density at radius 1 is 1.26 bits per heavy atom. The number of hydrogen-bond acceptors (Lipinski definition) is 4. The van der Waals surface area contributed by atoms with E-state index in [1.807, 2.05) is 52.5 Å². The van der Waals surface area contributed by atoms with Gasteiger partial charge in [0, 0.05) is 23.5 Å². The van der Waals surface area contributed by atoms with Gasteiger partial charge in [0.1, 0.15) is 5.69 Å². The maximum absolute atomic E-state index is 12.4. The summed E-state index contributed by atoms with van der Waals surface area (Å²) in [5.74, 6) is -0.178. The third-order valence-corrected chi connectivity index (χ3v) is 4.25. The van der Waals surface area contributed by atoms with Crippen LogP contribution < -0.4 is 5.32 Å². The molecule has 7 heteroatoms. The first kappa shape index (κ1) is 13.7. The molecule has 0 bridgehead atoms. The monoisotopic (exact) mass is 323 g/mol. The van der Waals surface area contributed by atoms with Crippen LogP contribution in [-0.2, 0) is 6.54 Å². The Labute approximate surface area is 136 Å². The fraction of sp³-hybridized carbons (Fsp3) is 0.0625. The summed E-state index contributed by atoms with van der Waals surface area (Å²) in [6, 6.07) is 9.65. The zero-order valence-corrected chi connectivity index (χ0v) is 12.9. The number of aromatic nitrogens is 4. The summed E-state index contributed by atoms with van der Waals surface area (Å²) in [5, 5.41) is 4.87. The number of nitrogens with zero attached hydrogens (tertiary/aromatic N) is 4.